The van der Waals surface area contributed by atoms with Crippen molar-refractivity contribution in [2.75, 3.05) is 40.3 Å². The Labute approximate surface area is 127 Å². The number of hydrogen-bond acceptors (Lipinski definition) is 3. The molecule has 0 spiro atoms. The molecular formula is C17H27FN2O. The van der Waals surface area contributed by atoms with Gasteiger partial charge in [-0.3, -0.25) is 0 Å². The van der Waals surface area contributed by atoms with Crippen LogP contribution in [0.4, 0.5) is 4.39 Å². The molecule has 0 radical (unpaired) electrons. The number of likely N-dealkylation sites (tertiary alicyclic amines) is 1. The number of piperidine rings is 1. The third-order valence-electron chi connectivity index (χ3n) is 4.28. The van der Waals surface area contributed by atoms with Gasteiger partial charge in [-0.1, -0.05) is 12.1 Å². The molecule has 2 rings (SSSR count). The first-order chi connectivity index (χ1) is 10.0. The van der Waals surface area contributed by atoms with E-state index in [-0.39, 0.29) is 5.82 Å². The molecule has 1 atom stereocenters. The molecule has 1 saturated heterocycles. The summed E-state index contributed by atoms with van der Waals surface area (Å²) >= 11 is 0. The third kappa shape index (κ3) is 5.38. The van der Waals surface area contributed by atoms with Crippen molar-refractivity contribution in [3.63, 3.8) is 0 Å². The molecule has 1 aliphatic heterocycles. The maximum Gasteiger partial charge on any atom is 0.123 e. The van der Waals surface area contributed by atoms with Gasteiger partial charge in [0.1, 0.15) is 5.82 Å². The van der Waals surface area contributed by atoms with E-state index >= 15 is 0 Å². The molecule has 118 valence electrons. The maximum absolute atomic E-state index is 13.1. The quantitative estimate of drug-likeness (QED) is 0.873. The number of aliphatic hydroxyl groups excluding tert-OH is 1. The lowest BCUT2D eigenvalue weighted by atomic mass is 9.96. The fraction of sp³-hybridized carbons (Fsp3) is 0.647. The van der Waals surface area contributed by atoms with E-state index in [1.807, 2.05) is 0 Å². The summed E-state index contributed by atoms with van der Waals surface area (Å²) in [5.74, 6) is 0.514. The zero-order valence-electron chi connectivity index (χ0n) is 13.1. The Morgan fingerprint density at radius 3 is 2.67 bits per heavy atom. The minimum Gasteiger partial charge on any atom is -0.388 e. The summed E-state index contributed by atoms with van der Waals surface area (Å²) < 4.78 is 13.1. The van der Waals surface area contributed by atoms with E-state index in [0.717, 1.165) is 25.6 Å². The lowest BCUT2D eigenvalue weighted by Gasteiger charge is -2.33. The van der Waals surface area contributed by atoms with Gasteiger partial charge in [-0.2, -0.15) is 0 Å². The first kappa shape index (κ1) is 16.4. The SMILES string of the molecule is CN(C)CC1CCN(CCC(O)c2cccc(F)c2)CC1. The molecule has 0 aromatic heterocycles. The van der Waals surface area contributed by atoms with Crippen LogP contribution in [0.2, 0.25) is 0 Å². The summed E-state index contributed by atoms with van der Waals surface area (Å²) in [5.41, 5.74) is 0.678. The number of aliphatic hydroxyl groups is 1. The van der Waals surface area contributed by atoms with E-state index < -0.39 is 6.10 Å². The summed E-state index contributed by atoms with van der Waals surface area (Å²) in [6.07, 6.45) is 2.56. The summed E-state index contributed by atoms with van der Waals surface area (Å²) in [6.45, 7) is 4.26. The Morgan fingerprint density at radius 2 is 2.05 bits per heavy atom. The Kier molecular flexibility index (Phi) is 6.15. The zero-order valence-corrected chi connectivity index (χ0v) is 13.1. The zero-order chi connectivity index (χ0) is 15.2. The molecule has 1 heterocycles. The molecule has 0 bridgehead atoms. The van der Waals surface area contributed by atoms with Crippen molar-refractivity contribution in [2.24, 2.45) is 5.92 Å². The Hall–Kier alpha value is -0.970. The van der Waals surface area contributed by atoms with Crippen molar-refractivity contribution < 1.29 is 9.50 Å². The van der Waals surface area contributed by atoms with Crippen LogP contribution in [0.15, 0.2) is 24.3 Å². The third-order valence-corrected chi connectivity index (χ3v) is 4.28. The van der Waals surface area contributed by atoms with Gasteiger partial charge < -0.3 is 14.9 Å². The van der Waals surface area contributed by atoms with Gasteiger partial charge in [0.25, 0.3) is 0 Å². The van der Waals surface area contributed by atoms with Gasteiger partial charge in [0, 0.05) is 13.1 Å². The second-order valence-electron chi connectivity index (χ2n) is 6.41. The van der Waals surface area contributed by atoms with Crippen molar-refractivity contribution in [1.29, 1.82) is 0 Å². The largest absolute Gasteiger partial charge is 0.388 e. The van der Waals surface area contributed by atoms with Crippen molar-refractivity contribution in [1.82, 2.24) is 9.80 Å². The molecule has 1 aromatic rings. The van der Waals surface area contributed by atoms with Crippen LogP contribution < -0.4 is 0 Å². The van der Waals surface area contributed by atoms with Gasteiger partial charge in [-0.05, 0) is 70.1 Å². The van der Waals surface area contributed by atoms with Crippen molar-refractivity contribution in [2.45, 2.75) is 25.4 Å². The van der Waals surface area contributed by atoms with E-state index in [0.29, 0.717) is 12.0 Å². The van der Waals surface area contributed by atoms with Crippen LogP contribution in [0.3, 0.4) is 0 Å². The molecular weight excluding hydrogens is 267 g/mol. The normalized spacial score (nSPS) is 19.1. The van der Waals surface area contributed by atoms with Gasteiger partial charge in [-0.25, -0.2) is 4.39 Å². The summed E-state index contributed by atoms with van der Waals surface area (Å²) in [5, 5.41) is 10.1. The van der Waals surface area contributed by atoms with Gasteiger partial charge >= 0.3 is 0 Å². The van der Waals surface area contributed by atoms with E-state index in [1.165, 1.54) is 31.5 Å². The van der Waals surface area contributed by atoms with Crippen molar-refractivity contribution >= 4 is 0 Å². The Bertz CT molecular complexity index is 431. The standard InChI is InChI=1S/C17H27FN2O/c1-19(2)13-14-6-9-20(10-7-14)11-8-17(21)15-4-3-5-16(18)12-15/h3-5,12,14,17,21H,6-11,13H2,1-2H3. The smallest absolute Gasteiger partial charge is 0.123 e. The number of benzene rings is 1. The van der Waals surface area contributed by atoms with Crippen LogP contribution in [-0.2, 0) is 0 Å². The lowest BCUT2D eigenvalue weighted by molar-refractivity contribution is 0.117. The van der Waals surface area contributed by atoms with Crippen LogP contribution in [0.5, 0.6) is 0 Å². The molecule has 1 aromatic carbocycles. The van der Waals surface area contributed by atoms with E-state index in [9.17, 15) is 9.50 Å². The number of rotatable bonds is 6. The first-order valence-electron chi connectivity index (χ1n) is 7.85. The Morgan fingerprint density at radius 1 is 1.33 bits per heavy atom. The summed E-state index contributed by atoms with van der Waals surface area (Å²) in [7, 11) is 4.25. The molecule has 0 saturated carbocycles. The highest BCUT2D eigenvalue weighted by molar-refractivity contribution is 5.18. The topological polar surface area (TPSA) is 26.7 Å². The van der Waals surface area contributed by atoms with Gasteiger partial charge in [0.05, 0.1) is 6.10 Å². The van der Waals surface area contributed by atoms with Crippen molar-refractivity contribution in [3.05, 3.63) is 35.6 Å². The van der Waals surface area contributed by atoms with Crippen LogP contribution in [0, 0.1) is 11.7 Å². The van der Waals surface area contributed by atoms with Crippen LogP contribution >= 0.6 is 0 Å². The predicted molar refractivity (Wildman–Crippen MR) is 83.7 cm³/mol. The summed E-state index contributed by atoms with van der Waals surface area (Å²) in [4.78, 5) is 4.67. The molecule has 21 heavy (non-hydrogen) atoms. The van der Waals surface area contributed by atoms with Gasteiger partial charge in [0.2, 0.25) is 0 Å². The fourth-order valence-electron chi connectivity index (χ4n) is 3.09. The monoisotopic (exact) mass is 294 g/mol. The van der Waals surface area contributed by atoms with E-state index in [4.69, 9.17) is 0 Å². The van der Waals surface area contributed by atoms with Crippen LogP contribution in [0.25, 0.3) is 0 Å². The molecule has 1 aliphatic rings. The number of halogens is 1. The van der Waals surface area contributed by atoms with E-state index in [2.05, 4.69) is 23.9 Å². The molecule has 1 fully saturated rings. The number of nitrogens with zero attached hydrogens (tertiary/aromatic N) is 2. The Balaban J connectivity index is 1.72. The van der Waals surface area contributed by atoms with Crippen molar-refractivity contribution in [3.8, 4) is 0 Å². The maximum atomic E-state index is 13.1. The highest BCUT2D eigenvalue weighted by atomic mass is 19.1. The molecule has 0 amide bonds. The molecule has 1 unspecified atom stereocenters. The minimum absolute atomic E-state index is 0.281. The highest BCUT2D eigenvalue weighted by Crippen LogP contribution is 2.21. The molecule has 0 aliphatic carbocycles. The average molecular weight is 294 g/mol. The average Bonchev–Trinajstić information content (AvgIpc) is 2.45. The first-order valence-corrected chi connectivity index (χ1v) is 7.85. The molecule has 4 heteroatoms. The highest BCUT2D eigenvalue weighted by Gasteiger charge is 2.20. The molecule has 3 nitrogen and oxygen atoms in total. The second kappa shape index (κ2) is 7.87. The van der Waals surface area contributed by atoms with E-state index in [1.54, 1.807) is 12.1 Å². The lowest BCUT2D eigenvalue weighted by Crippen LogP contribution is -2.37. The second-order valence-corrected chi connectivity index (χ2v) is 6.41. The van der Waals surface area contributed by atoms with Crippen LogP contribution in [0.1, 0.15) is 30.9 Å². The predicted octanol–water partition coefficient (Wildman–Crippen LogP) is 2.52. The fourth-order valence-corrected chi connectivity index (χ4v) is 3.09. The van der Waals surface area contributed by atoms with Crippen LogP contribution in [-0.4, -0.2) is 55.2 Å². The minimum atomic E-state index is -0.569. The molecule has 1 N–H and O–H groups in total. The summed E-state index contributed by atoms with van der Waals surface area (Å²) in [6, 6.07) is 6.28. The van der Waals surface area contributed by atoms with Gasteiger partial charge in [-0.15, -0.1) is 0 Å². The number of hydrogen-bond donors (Lipinski definition) is 1. The van der Waals surface area contributed by atoms with Gasteiger partial charge in [0.15, 0.2) is 0 Å².